The summed E-state index contributed by atoms with van der Waals surface area (Å²) in [5, 5.41) is 7.29. The number of thiazole rings is 1. The van der Waals surface area contributed by atoms with Crippen LogP contribution in [0.1, 0.15) is 28.1 Å². The lowest BCUT2D eigenvalue weighted by atomic mass is 10.1. The number of anilines is 1. The first-order valence-corrected chi connectivity index (χ1v) is 7.92. The number of carbonyl (C=O) groups excluding carboxylic acids is 1. The lowest BCUT2D eigenvalue weighted by Crippen LogP contribution is -2.24. The summed E-state index contributed by atoms with van der Waals surface area (Å²) in [4.78, 5) is 17.2. The Bertz CT molecular complexity index is 604. The molecule has 112 valence electrons. The molecule has 0 saturated heterocycles. The average molecular weight is 303 g/mol. The summed E-state index contributed by atoms with van der Waals surface area (Å²) in [6.45, 7) is 7.44. The summed E-state index contributed by atoms with van der Waals surface area (Å²) in [6.07, 6.45) is 0.432. The van der Waals surface area contributed by atoms with E-state index < -0.39 is 0 Å². The Morgan fingerprint density at radius 2 is 1.95 bits per heavy atom. The van der Waals surface area contributed by atoms with Crippen LogP contribution in [0.25, 0.3) is 0 Å². The number of likely N-dealkylation sites (N-methyl/N-ethyl adjacent to an activating group) is 1. The minimum absolute atomic E-state index is 0.0639. The summed E-state index contributed by atoms with van der Waals surface area (Å²) < 4.78 is 0. The van der Waals surface area contributed by atoms with Crippen molar-refractivity contribution in [3.63, 3.8) is 0 Å². The zero-order chi connectivity index (χ0) is 15.2. The average Bonchev–Trinajstić information content (AvgIpc) is 2.76. The molecule has 2 aromatic rings. The molecule has 2 rings (SSSR count). The van der Waals surface area contributed by atoms with Crippen molar-refractivity contribution in [3.8, 4) is 0 Å². The fourth-order valence-corrected chi connectivity index (χ4v) is 2.98. The van der Waals surface area contributed by atoms with Gasteiger partial charge in [0.1, 0.15) is 0 Å². The zero-order valence-electron chi connectivity index (χ0n) is 12.7. The maximum absolute atomic E-state index is 11.5. The van der Waals surface area contributed by atoms with Crippen LogP contribution < -0.4 is 10.6 Å². The third-order valence-electron chi connectivity index (χ3n) is 3.15. The van der Waals surface area contributed by atoms with Crippen molar-refractivity contribution in [2.45, 2.75) is 33.7 Å². The van der Waals surface area contributed by atoms with Crippen LogP contribution in [-0.4, -0.2) is 17.4 Å². The molecule has 0 spiro atoms. The largest absolute Gasteiger partial charge is 0.380 e. The first kappa shape index (κ1) is 15.5. The predicted molar refractivity (Wildman–Crippen MR) is 87.7 cm³/mol. The number of carbonyl (C=O) groups is 1. The van der Waals surface area contributed by atoms with E-state index in [4.69, 9.17) is 0 Å². The molecular weight excluding hydrogens is 282 g/mol. The van der Waals surface area contributed by atoms with E-state index in [2.05, 4.69) is 15.6 Å². The molecule has 0 saturated carbocycles. The van der Waals surface area contributed by atoms with E-state index in [1.165, 1.54) is 4.88 Å². The number of amides is 1. The Kier molecular flexibility index (Phi) is 5.33. The van der Waals surface area contributed by atoms with E-state index in [1.54, 1.807) is 11.3 Å². The first-order valence-electron chi connectivity index (χ1n) is 7.11. The van der Waals surface area contributed by atoms with Crippen molar-refractivity contribution in [2.75, 3.05) is 11.9 Å². The predicted octanol–water partition coefficient (Wildman–Crippen LogP) is 3.05. The van der Waals surface area contributed by atoms with Crippen molar-refractivity contribution in [1.29, 1.82) is 0 Å². The van der Waals surface area contributed by atoms with Gasteiger partial charge < -0.3 is 10.6 Å². The molecule has 5 heteroatoms. The number of rotatable bonds is 6. The molecule has 0 radical (unpaired) electrons. The van der Waals surface area contributed by atoms with Crippen molar-refractivity contribution < 1.29 is 4.79 Å². The van der Waals surface area contributed by atoms with Gasteiger partial charge in [0.25, 0.3) is 0 Å². The summed E-state index contributed by atoms with van der Waals surface area (Å²) in [6, 6.07) is 8.00. The normalized spacial score (nSPS) is 10.4. The molecule has 0 atom stereocenters. The summed E-state index contributed by atoms with van der Waals surface area (Å²) in [7, 11) is 0. The molecule has 1 aromatic heterocycles. The monoisotopic (exact) mass is 303 g/mol. The highest BCUT2D eigenvalue weighted by Gasteiger charge is 2.05. The molecule has 1 heterocycles. The molecule has 0 aliphatic heterocycles. The summed E-state index contributed by atoms with van der Waals surface area (Å²) >= 11 is 1.72. The molecule has 0 aliphatic carbocycles. The van der Waals surface area contributed by atoms with Gasteiger partial charge >= 0.3 is 0 Å². The summed E-state index contributed by atoms with van der Waals surface area (Å²) in [5.74, 6) is 0.0639. The van der Waals surface area contributed by atoms with Gasteiger partial charge in [0.2, 0.25) is 5.91 Å². The van der Waals surface area contributed by atoms with Crippen LogP contribution in [0, 0.1) is 13.8 Å². The van der Waals surface area contributed by atoms with Gasteiger partial charge in [-0.1, -0.05) is 12.1 Å². The number of hydrogen-bond acceptors (Lipinski definition) is 4. The molecule has 2 N–H and O–H groups in total. The molecular formula is C16H21N3OS. The third-order valence-corrected chi connectivity index (χ3v) is 4.22. The summed E-state index contributed by atoms with van der Waals surface area (Å²) in [5.41, 5.74) is 3.18. The van der Waals surface area contributed by atoms with Crippen LogP contribution in [-0.2, 0) is 17.8 Å². The second-order valence-electron chi connectivity index (χ2n) is 4.92. The van der Waals surface area contributed by atoms with Crippen LogP contribution in [0.2, 0.25) is 0 Å². The van der Waals surface area contributed by atoms with E-state index in [1.807, 2.05) is 45.0 Å². The fraction of sp³-hybridized carbons (Fsp3) is 0.375. The van der Waals surface area contributed by atoms with Crippen LogP contribution >= 0.6 is 11.3 Å². The maximum Gasteiger partial charge on any atom is 0.224 e. The highest BCUT2D eigenvalue weighted by atomic mass is 32.1. The first-order chi connectivity index (χ1) is 10.1. The number of nitrogens with one attached hydrogen (secondary N) is 2. The van der Waals surface area contributed by atoms with E-state index in [0.29, 0.717) is 13.0 Å². The van der Waals surface area contributed by atoms with E-state index in [0.717, 1.165) is 28.5 Å². The molecule has 0 bridgehead atoms. The molecule has 0 aliphatic rings. The minimum atomic E-state index is 0.0639. The van der Waals surface area contributed by atoms with Crippen LogP contribution in [0.3, 0.4) is 0 Å². The second kappa shape index (κ2) is 7.22. The van der Waals surface area contributed by atoms with Gasteiger partial charge in [0.15, 0.2) is 0 Å². The van der Waals surface area contributed by atoms with E-state index in [9.17, 15) is 4.79 Å². The van der Waals surface area contributed by atoms with E-state index >= 15 is 0 Å². The van der Waals surface area contributed by atoms with E-state index in [-0.39, 0.29) is 5.91 Å². The van der Waals surface area contributed by atoms with Crippen molar-refractivity contribution in [3.05, 3.63) is 45.4 Å². The Morgan fingerprint density at radius 3 is 2.52 bits per heavy atom. The molecule has 0 unspecified atom stereocenters. The Morgan fingerprint density at radius 1 is 1.24 bits per heavy atom. The van der Waals surface area contributed by atoms with Crippen LogP contribution in [0.15, 0.2) is 24.3 Å². The molecule has 21 heavy (non-hydrogen) atoms. The van der Waals surface area contributed by atoms with Gasteiger partial charge in [-0.2, -0.15) is 0 Å². The number of benzene rings is 1. The molecule has 1 amide bonds. The highest BCUT2D eigenvalue weighted by molar-refractivity contribution is 7.11. The Labute approximate surface area is 129 Å². The lowest BCUT2D eigenvalue weighted by molar-refractivity contribution is -0.120. The number of aryl methyl sites for hydroxylation is 2. The van der Waals surface area contributed by atoms with Crippen LogP contribution in [0.4, 0.5) is 5.69 Å². The number of hydrogen-bond donors (Lipinski definition) is 2. The molecule has 4 nitrogen and oxygen atoms in total. The minimum Gasteiger partial charge on any atom is -0.380 e. The quantitative estimate of drug-likeness (QED) is 0.862. The van der Waals surface area contributed by atoms with Crippen LogP contribution in [0.5, 0.6) is 0 Å². The Balaban J connectivity index is 1.90. The van der Waals surface area contributed by atoms with Gasteiger partial charge in [-0.3, -0.25) is 4.79 Å². The molecule has 1 aromatic carbocycles. The SMILES string of the molecule is CCNC(=O)Cc1ccc(NCc2sc(C)nc2C)cc1. The smallest absolute Gasteiger partial charge is 0.224 e. The van der Waals surface area contributed by atoms with Gasteiger partial charge in [-0.25, -0.2) is 4.98 Å². The number of aromatic nitrogens is 1. The lowest BCUT2D eigenvalue weighted by Gasteiger charge is -2.07. The second-order valence-corrected chi connectivity index (χ2v) is 6.21. The Hall–Kier alpha value is -1.88. The third kappa shape index (κ3) is 4.56. The fourth-order valence-electron chi connectivity index (χ4n) is 2.11. The van der Waals surface area contributed by atoms with Gasteiger partial charge in [0, 0.05) is 17.1 Å². The molecule has 0 fully saturated rings. The highest BCUT2D eigenvalue weighted by Crippen LogP contribution is 2.19. The van der Waals surface area contributed by atoms with Crippen molar-refractivity contribution in [2.24, 2.45) is 0 Å². The van der Waals surface area contributed by atoms with Crippen molar-refractivity contribution >= 4 is 22.9 Å². The topological polar surface area (TPSA) is 54.0 Å². The van der Waals surface area contributed by atoms with Gasteiger partial charge in [0.05, 0.1) is 23.7 Å². The maximum atomic E-state index is 11.5. The van der Waals surface area contributed by atoms with Crippen molar-refractivity contribution in [1.82, 2.24) is 10.3 Å². The standard InChI is InChI=1S/C16H21N3OS/c1-4-17-16(20)9-13-5-7-14(8-6-13)18-10-15-11(2)19-12(3)21-15/h5-8,18H,4,9-10H2,1-3H3,(H,17,20). The van der Waals surface area contributed by atoms with Gasteiger partial charge in [-0.15, -0.1) is 11.3 Å². The number of nitrogens with zero attached hydrogens (tertiary/aromatic N) is 1. The zero-order valence-corrected chi connectivity index (χ0v) is 13.5. The van der Waals surface area contributed by atoms with Gasteiger partial charge in [-0.05, 0) is 38.5 Å².